The minimum atomic E-state index is -1.55. The number of nitrogens with one attached hydrogen (secondary N) is 1. The number of rotatable bonds is 7. The van der Waals surface area contributed by atoms with E-state index in [1.807, 2.05) is 0 Å². The quantitative estimate of drug-likeness (QED) is 0.206. The third-order valence-electron chi connectivity index (χ3n) is 3.35. The molecule has 0 unspecified atom stereocenters. The zero-order chi connectivity index (χ0) is 17.9. The fourth-order valence-corrected chi connectivity index (χ4v) is 1.95. The van der Waals surface area contributed by atoms with Gasteiger partial charge in [0, 0.05) is 12.2 Å². The van der Waals surface area contributed by atoms with Crippen LogP contribution >= 0.6 is 0 Å². The first-order chi connectivity index (χ1) is 11.4. The topological polar surface area (TPSA) is 64.6 Å². The lowest BCUT2D eigenvalue weighted by atomic mass is 10.0. The van der Waals surface area contributed by atoms with Crippen LogP contribution in [-0.2, 0) is 9.53 Å². The highest BCUT2D eigenvalue weighted by molar-refractivity contribution is 6.24. The molecule has 24 heavy (non-hydrogen) atoms. The molecule has 130 valence electrons. The number of carbonyl (C=O) groups excluding carboxylic acids is 2. The number of esters is 1. The Bertz CT molecular complexity index is 699. The molecule has 0 saturated heterocycles. The van der Waals surface area contributed by atoms with Gasteiger partial charge in [-0.1, -0.05) is 0 Å². The summed E-state index contributed by atoms with van der Waals surface area (Å²) < 4.78 is 50.5. The standard InChI is InChI=1S/C16H16F3NO4/c1-3-24-16(22)10(7-20-8-4-5-8)14(21)9-6-11(17)13(19)15(23-2)12(9)18/h6-8,20H,3-5H2,1-2H3. The van der Waals surface area contributed by atoms with Crippen molar-refractivity contribution in [1.29, 1.82) is 0 Å². The average molecular weight is 343 g/mol. The van der Waals surface area contributed by atoms with E-state index in [-0.39, 0.29) is 12.6 Å². The van der Waals surface area contributed by atoms with Crippen molar-refractivity contribution in [1.82, 2.24) is 5.32 Å². The summed E-state index contributed by atoms with van der Waals surface area (Å²) in [7, 11) is 0.936. The number of ketones is 1. The Hall–Kier alpha value is -2.51. The Kier molecular flexibility index (Phi) is 5.48. The number of methoxy groups -OCH3 is 1. The fourth-order valence-electron chi connectivity index (χ4n) is 1.95. The van der Waals surface area contributed by atoms with Gasteiger partial charge < -0.3 is 14.8 Å². The molecule has 1 aliphatic carbocycles. The predicted molar refractivity (Wildman–Crippen MR) is 78.1 cm³/mol. The average Bonchev–Trinajstić information content (AvgIpc) is 3.36. The van der Waals surface area contributed by atoms with Crippen LogP contribution in [0.5, 0.6) is 5.75 Å². The van der Waals surface area contributed by atoms with Gasteiger partial charge >= 0.3 is 5.97 Å². The number of Topliss-reactive ketones (excluding diaryl/α,β-unsaturated/α-hetero) is 1. The second-order valence-corrected chi connectivity index (χ2v) is 5.12. The first-order valence-corrected chi connectivity index (χ1v) is 7.30. The Balaban J connectivity index is 2.43. The molecule has 1 saturated carbocycles. The van der Waals surface area contributed by atoms with Gasteiger partial charge in [0.2, 0.25) is 11.6 Å². The van der Waals surface area contributed by atoms with Crippen LogP contribution in [0.25, 0.3) is 0 Å². The first-order valence-electron chi connectivity index (χ1n) is 7.30. The van der Waals surface area contributed by atoms with E-state index in [9.17, 15) is 22.8 Å². The SMILES string of the molecule is CCOC(=O)C(=CNC1CC1)C(=O)c1cc(F)c(F)c(OC)c1F. The molecule has 1 N–H and O–H groups in total. The number of hydrogen-bond donors (Lipinski definition) is 1. The number of carbonyl (C=O) groups is 2. The van der Waals surface area contributed by atoms with Crippen molar-refractivity contribution in [3.05, 3.63) is 40.9 Å². The normalized spacial score (nSPS) is 14.3. The van der Waals surface area contributed by atoms with Gasteiger partial charge in [-0.15, -0.1) is 0 Å². The lowest BCUT2D eigenvalue weighted by Crippen LogP contribution is -2.21. The van der Waals surface area contributed by atoms with Crippen LogP contribution in [-0.4, -0.2) is 31.5 Å². The van der Waals surface area contributed by atoms with Crippen molar-refractivity contribution in [2.75, 3.05) is 13.7 Å². The van der Waals surface area contributed by atoms with Gasteiger partial charge in [0.15, 0.2) is 17.4 Å². The van der Waals surface area contributed by atoms with E-state index in [4.69, 9.17) is 4.74 Å². The number of ether oxygens (including phenoxy) is 2. The lowest BCUT2D eigenvalue weighted by molar-refractivity contribution is -0.138. The molecule has 0 bridgehead atoms. The molecule has 2 rings (SSSR count). The van der Waals surface area contributed by atoms with Crippen molar-refractivity contribution in [2.24, 2.45) is 0 Å². The van der Waals surface area contributed by atoms with Crippen LogP contribution in [0.4, 0.5) is 13.2 Å². The number of halogens is 3. The minimum Gasteiger partial charge on any atom is -0.491 e. The summed E-state index contributed by atoms with van der Waals surface area (Å²) in [5.74, 6) is -7.55. The van der Waals surface area contributed by atoms with Crippen molar-refractivity contribution in [3.8, 4) is 5.75 Å². The first kappa shape index (κ1) is 17.8. The molecular weight excluding hydrogens is 327 g/mol. The van der Waals surface area contributed by atoms with Gasteiger partial charge in [-0.05, 0) is 25.8 Å². The summed E-state index contributed by atoms with van der Waals surface area (Å²) in [6.07, 6.45) is 2.85. The Morgan fingerprint density at radius 1 is 1.29 bits per heavy atom. The Labute approximate surface area is 136 Å². The van der Waals surface area contributed by atoms with E-state index < -0.39 is 46.1 Å². The highest BCUT2D eigenvalue weighted by atomic mass is 19.2. The molecule has 1 aliphatic rings. The highest BCUT2D eigenvalue weighted by Crippen LogP contribution is 2.28. The summed E-state index contributed by atoms with van der Waals surface area (Å²) in [5.41, 5.74) is -1.32. The van der Waals surface area contributed by atoms with Crippen LogP contribution in [0.3, 0.4) is 0 Å². The third-order valence-corrected chi connectivity index (χ3v) is 3.35. The van der Waals surface area contributed by atoms with Crippen LogP contribution in [0.2, 0.25) is 0 Å². The lowest BCUT2D eigenvalue weighted by Gasteiger charge is -2.11. The zero-order valence-corrected chi connectivity index (χ0v) is 13.1. The highest BCUT2D eigenvalue weighted by Gasteiger charge is 2.30. The summed E-state index contributed by atoms with van der Waals surface area (Å²) in [6.45, 7) is 1.53. The summed E-state index contributed by atoms with van der Waals surface area (Å²) in [5, 5.41) is 2.82. The molecule has 0 aromatic heterocycles. The molecule has 0 atom stereocenters. The molecular formula is C16H16F3NO4. The molecule has 8 heteroatoms. The maximum atomic E-state index is 14.2. The maximum Gasteiger partial charge on any atom is 0.343 e. The van der Waals surface area contributed by atoms with E-state index in [1.165, 1.54) is 6.92 Å². The van der Waals surface area contributed by atoms with Crippen molar-refractivity contribution in [2.45, 2.75) is 25.8 Å². The van der Waals surface area contributed by atoms with E-state index in [0.717, 1.165) is 26.2 Å². The molecule has 0 radical (unpaired) electrons. The summed E-state index contributed by atoms with van der Waals surface area (Å²) in [4.78, 5) is 24.4. The van der Waals surface area contributed by atoms with Gasteiger partial charge in [0.1, 0.15) is 5.57 Å². The smallest absolute Gasteiger partial charge is 0.343 e. The molecule has 0 heterocycles. The predicted octanol–water partition coefficient (Wildman–Crippen LogP) is 2.49. The molecule has 5 nitrogen and oxygen atoms in total. The Morgan fingerprint density at radius 2 is 1.96 bits per heavy atom. The van der Waals surface area contributed by atoms with Crippen LogP contribution < -0.4 is 10.1 Å². The molecule has 0 aliphatic heterocycles. The largest absolute Gasteiger partial charge is 0.491 e. The van der Waals surface area contributed by atoms with E-state index >= 15 is 0 Å². The van der Waals surface area contributed by atoms with Crippen molar-refractivity contribution < 1.29 is 32.2 Å². The molecule has 1 aromatic carbocycles. The van der Waals surface area contributed by atoms with Gasteiger partial charge in [-0.3, -0.25) is 4.79 Å². The van der Waals surface area contributed by atoms with Gasteiger partial charge in [-0.2, -0.15) is 4.39 Å². The second kappa shape index (κ2) is 7.37. The zero-order valence-electron chi connectivity index (χ0n) is 13.1. The van der Waals surface area contributed by atoms with Crippen molar-refractivity contribution in [3.63, 3.8) is 0 Å². The summed E-state index contributed by atoms with van der Waals surface area (Å²) >= 11 is 0. The van der Waals surface area contributed by atoms with E-state index in [2.05, 4.69) is 10.1 Å². The van der Waals surface area contributed by atoms with Crippen LogP contribution in [0.15, 0.2) is 17.8 Å². The monoisotopic (exact) mass is 343 g/mol. The van der Waals surface area contributed by atoms with Gasteiger partial charge in [0.05, 0.1) is 19.3 Å². The molecule has 1 aromatic rings. The van der Waals surface area contributed by atoms with E-state index in [1.54, 1.807) is 0 Å². The number of hydrogen-bond acceptors (Lipinski definition) is 5. The van der Waals surface area contributed by atoms with Gasteiger partial charge in [0.25, 0.3) is 0 Å². The minimum absolute atomic E-state index is 0.00351. The van der Waals surface area contributed by atoms with Crippen LogP contribution in [0.1, 0.15) is 30.1 Å². The molecule has 0 spiro atoms. The maximum absolute atomic E-state index is 14.2. The number of benzene rings is 1. The van der Waals surface area contributed by atoms with Crippen molar-refractivity contribution >= 4 is 11.8 Å². The van der Waals surface area contributed by atoms with E-state index in [0.29, 0.717) is 6.07 Å². The summed E-state index contributed by atoms with van der Waals surface area (Å²) in [6, 6.07) is 0.506. The second-order valence-electron chi connectivity index (χ2n) is 5.12. The fraction of sp³-hybridized carbons (Fsp3) is 0.375. The molecule has 1 fully saturated rings. The third kappa shape index (κ3) is 3.69. The Morgan fingerprint density at radius 3 is 2.50 bits per heavy atom. The molecule has 0 amide bonds. The van der Waals surface area contributed by atoms with Crippen LogP contribution in [0, 0.1) is 17.5 Å². The van der Waals surface area contributed by atoms with Gasteiger partial charge in [-0.25, -0.2) is 13.6 Å².